The van der Waals surface area contributed by atoms with Crippen LogP contribution in [0.5, 0.6) is 0 Å². The molecule has 0 fully saturated rings. The van der Waals surface area contributed by atoms with Crippen LogP contribution in [0.25, 0.3) is 0 Å². The zero-order valence-corrected chi connectivity index (χ0v) is 4.33. The Morgan fingerprint density at radius 2 is 2.62 bits per heavy atom. The molecule has 8 heavy (non-hydrogen) atoms. The molecule has 1 rings (SSSR count). The molecular weight excluding hydrogens is 102 g/mol. The average molecular weight is 108 g/mol. The van der Waals surface area contributed by atoms with Crippen molar-refractivity contribution in [1.82, 2.24) is 4.98 Å². The molecule has 1 radical (unpaired) electrons. The first-order chi connectivity index (χ1) is 3.93. The van der Waals surface area contributed by atoms with Crippen LogP contribution in [0.3, 0.4) is 0 Å². The van der Waals surface area contributed by atoms with E-state index in [0.29, 0.717) is 5.69 Å². The van der Waals surface area contributed by atoms with E-state index in [1.165, 1.54) is 6.20 Å². The normalized spacial score (nSPS) is 9.12. The number of aliphatic hydroxyl groups excluding tert-OH is 1. The Morgan fingerprint density at radius 3 is 3.00 bits per heavy atom. The Kier molecular flexibility index (Phi) is 1.59. The Morgan fingerprint density at radius 1 is 1.75 bits per heavy atom. The van der Waals surface area contributed by atoms with Gasteiger partial charge in [0, 0.05) is 12.3 Å². The van der Waals surface area contributed by atoms with Gasteiger partial charge in [-0.1, -0.05) is 6.07 Å². The van der Waals surface area contributed by atoms with Crippen LogP contribution in [0.2, 0.25) is 0 Å². The van der Waals surface area contributed by atoms with Crippen molar-refractivity contribution in [1.29, 1.82) is 0 Å². The summed E-state index contributed by atoms with van der Waals surface area (Å²) in [6, 6.07) is 6.19. The number of rotatable bonds is 1. The van der Waals surface area contributed by atoms with Crippen LogP contribution >= 0.6 is 0 Å². The van der Waals surface area contributed by atoms with Gasteiger partial charge in [-0.25, -0.2) is 0 Å². The molecule has 0 spiro atoms. The molecule has 0 bridgehead atoms. The summed E-state index contributed by atoms with van der Waals surface area (Å²) in [7, 11) is 0. The molecule has 0 unspecified atom stereocenters. The number of aromatic nitrogens is 1. The summed E-state index contributed by atoms with van der Waals surface area (Å²) in [6.45, 7) is 0.00861. The Balaban J connectivity index is 2.83. The minimum atomic E-state index is 0.00861. The Hall–Kier alpha value is -0.890. The van der Waals surface area contributed by atoms with Crippen molar-refractivity contribution in [3.05, 3.63) is 30.1 Å². The van der Waals surface area contributed by atoms with Gasteiger partial charge >= 0.3 is 0 Å². The Bertz CT molecular complexity index is 150. The molecule has 0 aromatic carbocycles. The van der Waals surface area contributed by atoms with Crippen molar-refractivity contribution in [2.45, 2.75) is 6.61 Å². The summed E-state index contributed by atoms with van der Waals surface area (Å²) in [4.78, 5) is 3.79. The molecule has 1 aromatic rings. The highest BCUT2D eigenvalue weighted by Gasteiger charge is 1.83. The summed E-state index contributed by atoms with van der Waals surface area (Å²) in [5.41, 5.74) is 0.684. The van der Waals surface area contributed by atoms with E-state index in [-0.39, 0.29) is 6.61 Å². The predicted octanol–water partition coefficient (Wildman–Crippen LogP) is 0.374. The summed E-state index contributed by atoms with van der Waals surface area (Å²) in [6.07, 6.45) is 1.53. The molecule has 41 valence electrons. The first-order valence-electron chi connectivity index (χ1n) is 2.35. The number of aliphatic hydroxyl groups is 1. The second-order valence-electron chi connectivity index (χ2n) is 1.41. The molecule has 0 aliphatic heterocycles. The maximum atomic E-state index is 8.46. The maximum Gasteiger partial charge on any atom is 0.0852 e. The lowest BCUT2D eigenvalue weighted by atomic mass is 10.4. The zero-order valence-electron chi connectivity index (χ0n) is 4.33. The molecular formula is C6H6NO. The largest absolute Gasteiger partial charge is 0.390 e. The monoisotopic (exact) mass is 108 g/mol. The van der Waals surface area contributed by atoms with E-state index in [9.17, 15) is 0 Å². The van der Waals surface area contributed by atoms with E-state index in [1.807, 2.05) is 0 Å². The van der Waals surface area contributed by atoms with Gasteiger partial charge in [-0.3, -0.25) is 4.98 Å². The van der Waals surface area contributed by atoms with Crippen molar-refractivity contribution in [3.63, 3.8) is 0 Å². The quantitative estimate of drug-likeness (QED) is 0.564. The lowest BCUT2D eigenvalue weighted by Crippen LogP contribution is -1.84. The van der Waals surface area contributed by atoms with Crippen LogP contribution in [0.4, 0.5) is 0 Å². The van der Waals surface area contributed by atoms with Crippen LogP contribution in [0, 0.1) is 6.07 Å². The molecule has 1 heterocycles. The number of pyridine rings is 1. The van der Waals surface area contributed by atoms with Crippen LogP contribution in [0.15, 0.2) is 18.3 Å². The smallest absolute Gasteiger partial charge is 0.0852 e. The van der Waals surface area contributed by atoms with Gasteiger partial charge in [0.15, 0.2) is 0 Å². The molecule has 0 aliphatic rings. The maximum absolute atomic E-state index is 8.46. The highest BCUT2D eigenvalue weighted by Crippen LogP contribution is 1.89. The van der Waals surface area contributed by atoms with Gasteiger partial charge in [-0.2, -0.15) is 0 Å². The lowest BCUT2D eigenvalue weighted by Gasteiger charge is -1.87. The van der Waals surface area contributed by atoms with E-state index in [4.69, 9.17) is 5.11 Å². The predicted molar refractivity (Wildman–Crippen MR) is 29.0 cm³/mol. The van der Waals surface area contributed by atoms with E-state index < -0.39 is 0 Å². The molecule has 0 saturated heterocycles. The fraction of sp³-hybridized carbons (Fsp3) is 0.167. The first kappa shape index (κ1) is 5.25. The van der Waals surface area contributed by atoms with E-state index in [2.05, 4.69) is 11.1 Å². The van der Waals surface area contributed by atoms with Crippen molar-refractivity contribution >= 4 is 0 Å². The van der Waals surface area contributed by atoms with Crippen molar-refractivity contribution in [2.75, 3.05) is 0 Å². The zero-order chi connectivity index (χ0) is 5.82. The Labute approximate surface area is 47.8 Å². The summed E-state index contributed by atoms with van der Waals surface area (Å²) in [5, 5.41) is 8.46. The average Bonchev–Trinajstić information content (AvgIpc) is 1.90. The molecule has 1 N–H and O–H groups in total. The van der Waals surface area contributed by atoms with Gasteiger partial charge in [0.2, 0.25) is 0 Å². The van der Waals surface area contributed by atoms with Crippen LogP contribution in [-0.4, -0.2) is 10.1 Å². The molecule has 0 amide bonds. The summed E-state index contributed by atoms with van der Waals surface area (Å²) < 4.78 is 0. The van der Waals surface area contributed by atoms with Gasteiger partial charge < -0.3 is 5.11 Å². The third-order valence-corrected chi connectivity index (χ3v) is 0.839. The van der Waals surface area contributed by atoms with Crippen LogP contribution in [-0.2, 0) is 6.61 Å². The molecule has 0 aliphatic carbocycles. The van der Waals surface area contributed by atoms with Gasteiger partial charge in [-0.15, -0.1) is 0 Å². The highest BCUT2D eigenvalue weighted by atomic mass is 16.3. The molecule has 0 saturated carbocycles. The standard InChI is InChI=1S/C6H6NO/c8-5-6-3-1-2-4-7-6/h1,3-4,8H,5H2. The summed E-state index contributed by atoms with van der Waals surface area (Å²) >= 11 is 0. The van der Waals surface area contributed by atoms with Crippen LogP contribution in [0.1, 0.15) is 5.69 Å². The topological polar surface area (TPSA) is 33.1 Å². The van der Waals surface area contributed by atoms with Gasteiger partial charge in [-0.05, 0) is 6.07 Å². The third-order valence-electron chi connectivity index (χ3n) is 0.839. The van der Waals surface area contributed by atoms with Crippen LogP contribution < -0.4 is 0 Å². The molecule has 0 atom stereocenters. The molecule has 2 nitrogen and oxygen atoms in total. The first-order valence-corrected chi connectivity index (χ1v) is 2.35. The van der Waals surface area contributed by atoms with Crippen molar-refractivity contribution in [3.8, 4) is 0 Å². The SMILES string of the molecule is OCc1cc[c]cn1. The van der Waals surface area contributed by atoms with E-state index in [1.54, 1.807) is 12.1 Å². The lowest BCUT2D eigenvalue weighted by molar-refractivity contribution is 0.277. The number of hydrogen-bond donors (Lipinski definition) is 1. The minimum absolute atomic E-state index is 0.00861. The van der Waals surface area contributed by atoms with Gasteiger partial charge in [0.1, 0.15) is 0 Å². The third kappa shape index (κ3) is 1.04. The number of hydrogen-bond acceptors (Lipinski definition) is 2. The minimum Gasteiger partial charge on any atom is -0.390 e. The fourth-order valence-corrected chi connectivity index (χ4v) is 0.444. The van der Waals surface area contributed by atoms with Gasteiger partial charge in [0.25, 0.3) is 0 Å². The molecule has 2 heteroatoms. The highest BCUT2D eigenvalue weighted by molar-refractivity contribution is 5.00. The van der Waals surface area contributed by atoms with E-state index in [0.717, 1.165) is 0 Å². The second-order valence-corrected chi connectivity index (χ2v) is 1.41. The van der Waals surface area contributed by atoms with Crippen molar-refractivity contribution < 1.29 is 5.11 Å². The fourth-order valence-electron chi connectivity index (χ4n) is 0.444. The molecule has 1 aromatic heterocycles. The van der Waals surface area contributed by atoms with E-state index >= 15 is 0 Å². The second kappa shape index (κ2) is 2.43. The number of nitrogens with zero attached hydrogens (tertiary/aromatic N) is 1. The summed E-state index contributed by atoms with van der Waals surface area (Å²) in [5.74, 6) is 0. The van der Waals surface area contributed by atoms with Crippen molar-refractivity contribution in [2.24, 2.45) is 0 Å². The van der Waals surface area contributed by atoms with Gasteiger partial charge in [0.05, 0.1) is 12.3 Å².